The predicted octanol–water partition coefficient (Wildman–Crippen LogP) is 7.29. The SMILES string of the molecule is Ic1cccc(-c2cc(-c3ccccc3)cc(-c3ccccc3I)n2)c1. The highest BCUT2D eigenvalue weighted by atomic mass is 127. The van der Waals surface area contributed by atoms with Crippen LogP contribution in [-0.4, -0.2) is 4.98 Å². The molecule has 3 heteroatoms. The van der Waals surface area contributed by atoms with E-state index < -0.39 is 0 Å². The number of halogens is 2. The number of aromatic nitrogens is 1. The lowest BCUT2D eigenvalue weighted by Gasteiger charge is -2.11. The van der Waals surface area contributed by atoms with Crippen molar-refractivity contribution in [3.05, 3.63) is 98.1 Å². The van der Waals surface area contributed by atoms with Crippen LogP contribution in [0.5, 0.6) is 0 Å². The third-order valence-electron chi connectivity index (χ3n) is 4.20. The molecule has 0 atom stereocenters. The largest absolute Gasteiger partial charge is 0.248 e. The summed E-state index contributed by atoms with van der Waals surface area (Å²) in [7, 11) is 0. The molecule has 0 spiro atoms. The Kier molecular flexibility index (Phi) is 5.36. The topological polar surface area (TPSA) is 12.9 Å². The van der Waals surface area contributed by atoms with E-state index >= 15 is 0 Å². The first-order chi connectivity index (χ1) is 12.7. The number of benzene rings is 3. The molecule has 0 saturated carbocycles. The minimum Gasteiger partial charge on any atom is -0.248 e. The van der Waals surface area contributed by atoms with Gasteiger partial charge in [0.2, 0.25) is 0 Å². The fourth-order valence-corrected chi connectivity index (χ4v) is 4.14. The highest BCUT2D eigenvalue weighted by Crippen LogP contribution is 2.32. The van der Waals surface area contributed by atoms with E-state index in [0.29, 0.717) is 0 Å². The van der Waals surface area contributed by atoms with Crippen LogP contribution in [-0.2, 0) is 0 Å². The Morgan fingerprint density at radius 2 is 1.23 bits per heavy atom. The first-order valence-electron chi connectivity index (χ1n) is 8.29. The molecule has 0 unspecified atom stereocenters. The second kappa shape index (κ2) is 7.88. The van der Waals surface area contributed by atoms with Crippen molar-refractivity contribution in [3.8, 4) is 33.6 Å². The van der Waals surface area contributed by atoms with Gasteiger partial charge >= 0.3 is 0 Å². The summed E-state index contributed by atoms with van der Waals surface area (Å²) in [6.07, 6.45) is 0. The molecule has 1 nitrogen and oxygen atoms in total. The molecule has 0 saturated heterocycles. The molecule has 0 aliphatic carbocycles. The van der Waals surface area contributed by atoms with Gasteiger partial charge in [0, 0.05) is 18.3 Å². The fourth-order valence-electron chi connectivity index (χ4n) is 2.93. The third kappa shape index (κ3) is 3.83. The van der Waals surface area contributed by atoms with Crippen molar-refractivity contribution < 1.29 is 0 Å². The minimum atomic E-state index is 1.000. The molecule has 0 N–H and O–H groups in total. The smallest absolute Gasteiger partial charge is 0.0726 e. The monoisotopic (exact) mass is 559 g/mol. The number of pyridine rings is 1. The van der Waals surface area contributed by atoms with Crippen LogP contribution < -0.4 is 0 Å². The average Bonchev–Trinajstić information content (AvgIpc) is 2.69. The van der Waals surface area contributed by atoms with Crippen LogP contribution >= 0.6 is 45.2 Å². The molecular formula is C23H15I2N. The summed E-state index contributed by atoms with van der Waals surface area (Å²) in [5.74, 6) is 0. The first kappa shape index (κ1) is 17.7. The van der Waals surface area contributed by atoms with Crippen molar-refractivity contribution in [2.75, 3.05) is 0 Å². The van der Waals surface area contributed by atoms with Gasteiger partial charge in [-0.1, -0.05) is 60.7 Å². The highest BCUT2D eigenvalue weighted by molar-refractivity contribution is 14.1. The molecule has 3 aromatic carbocycles. The van der Waals surface area contributed by atoms with Gasteiger partial charge in [-0.2, -0.15) is 0 Å². The zero-order valence-electron chi connectivity index (χ0n) is 13.9. The van der Waals surface area contributed by atoms with Gasteiger partial charge in [-0.15, -0.1) is 0 Å². The van der Waals surface area contributed by atoms with Crippen LogP contribution in [0.2, 0.25) is 0 Å². The third-order valence-corrected chi connectivity index (χ3v) is 5.81. The van der Waals surface area contributed by atoms with Crippen molar-refractivity contribution in [1.29, 1.82) is 0 Å². The van der Waals surface area contributed by atoms with Gasteiger partial charge in [0.05, 0.1) is 11.4 Å². The van der Waals surface area contributed by atoms with E-state index in [2.05, 4.69) is 130 Å². The molecule has 1 heterocycles. The molecule has 126 valence electrons. The normalized spacial score (nSPS) is 10.7. The lowest BCUT2D eigenvalue weighted by atomic mass is 10.00. The fraction of sp³-hybridized carbons (Fsp3) is 0. The van der Waals surface area contributed by atoms with E-state index in [0.717, 1.165) is 22.5 Å². The zero-order chi connectivity index (χ0) is 17.9. The molecule has 1 aromatic heterocycles. The summed E-state index contributed by atoms with van der Waals surface area (Å²) in [5, 5.41) is 0. The molecule has 26 heavy (non-hydrogen) atoms. The minimum absolute atomic E-state index is 1.000. The first-order valence-corrected chi connectivity index (χ1v) is 10.4. The number of hydrogen-bond acceptors (Lipinski definition) is 1. The number of rotatable bonds is 3. The molecule has 0 bridgehead atoms. The number of hydrogen-bond donors (Lipinski definition) is 0. The van der Waals surface area contributed by atoms with E-state index in [1.54, 1.807) is 0 Å². The van der Waals surface area contributed by atoms with Crippen molar-refractivity contribution in [2.24, 2.45) is 0 Å². The van der Waals surface area contributed by atoms with E-state index in [1.165, 1.54) is 18.3 Å². The lowest BCUT2D eigenvalue weighted by molar-refractivity contribution is 1.31. The Bertz CT molecular complexity index is 1060. The van der Waals surface area contributed by atoms with E-state index in [9.17, 15) is 0 Å². The van der Waals surface area contributed by atoms with Gasteiger partial charge in [-0.05, 0) is 86.6 Å². The average molecular weight is 559 g/mol. The van der Waals surface area contributed by atoms with Crippen molar-refractivity contribution in [3.63, 3.8) is 0 Å². The Labute approximate surface area is 180 Å². The number of nitrogens with zero attached hydrogens (tertiary/aromatic N) is 1. The molecule has 4 aromatic rings. The van der Waals surface area contributed by atoms with Crippen LogP contribution in [0.3, 0.4) is 0 Å². The second-order valence-electron chi connectivity index (χ2n) is 5.98. The molecule has 0 aliphatic rings. The van der Waals surface area contributed by atoms with Gasteiger partial charge < -0.3 is 0 Å². The van der Waals surface area contributed by atoms with Gasteiger partial charge in [0.15, 0.2) is 0 Å². The Morgan fingerprint density at radius 1 is 0.538 bits per heavy atom. The molecule has 4 rings (SSSR count). The van der Waals surface area contributed by atoms with Crippen LogP contribution in [0.4, 0.5) is 0 Å². The quantitative estimate of drug-likeness (QED) is 0.241. The predicted molar refractivity (Wildman–Crippen MR) is 126 cm³/mol. The summed E-state index contributed by atoms with van der Waals surface area (Å²) >= 11 is 4.73. The van der Waals surface area contributed by atoms with Crippen molar-refractivity contribution >= 4 is 45.2 Å². The van der Waals surface area contributed by atoms with Crippen molar-refractivity contribution in [1.82, 2.24) is 4.98 Å². The van der Waals surface area contributed by atoms with Crippen LogP contribution in [0.15, 0.2) is 91.0 Å². The summed E-state index contributed by atoms with van der Waals surface area (Å²) < 4.78 is 2.42. The molecule has 0 radical (unpaired) electrons. The summed E-state index contributed by atoms with van der Waals surface area (Å²) in [4.78, 5) is 4.99. The van der Waals surface area contributed by atoms with E-state index in [-0.39, 0.29) is 0 Å². The van der Waals surface area contributed by atoms with E-state index in [4.69, 9.17) is 4.98 Å². The van der Waals surface area contributed by atoms with E-state index in [1.807, 2.05) is 6.07 Å². The van der Waals surface area contributed by atoms with Gasteiger partial charge in [-0.25, -0.2) is 4.98 Å². The summed E-state index contributed by atoms with van der Waals surface area (Å²) in [5.41, 5.74) is 6.70. The molecule has 0 fully saturated rings. The Morgan fingerprint density at radius 3 is 2.00 bits per heavy atom. The maximum absolute atomic E-state index is 4.99. The maximum atomic E-state index is 4.99. The van der Waals surface area contributed by atoms with Gasteiger partial charge in [0.1, 0.15) is 0 Å². The van der Waals surface area contributed by atoms with Crippen molar-refractivity contribution in [2.45, 2.75) is 0 Å². The van der Waals surface area contributed by atoms with Crippen LogP contribution in [0, 0.1) is 7.14 Å². The van der Waals surface area contributed by atoms with Crippen LogP contribution in [0.1, 0.15) is 0 Å². The second-order valence-corrected chi connectivity index (χ2v) is 8.39. The van der Waals surface area contributed by atoms with Gasteiger partial charge in [-0.3, -0.25) is 0 Å². The summed E-state index contributed by atoms with van der Waals surface area (Å²) in [6, 6.07) is 31.7. The Balaban J connectivity index is 1.95. The van der Waals surface area contributed by atoms with Gasteiger partial charge in [0.25, 0.3) is 0 Å². The maximum Gasteiger partial charge on any atom is 0.0726 e. The molecule has 0 aliphatic heterocycles. The highest BCUT2D eigenvalue weighted by Gasteiger charge is 2.10. The zero-order valence-corrected chi connectivity index (χ0v) is 18.2. The standard InChI is InChI=1S/C23H15I2N/c24-19-10-6-9-17(13-19)22-14-18(16-7-2-1-3-8-16)15-23(26-22)20-11-4-5-12-21(20)25/h1-15H. The Hall–Kier alpha value is -1.73. The molecular weight excluding hydrogens is 544 g/mol. The van der Waals surface area contributed by atoms with Crippen LogP contribution in [0.25, 0.3) is 33.6 Å². The lowest BCUT2D eigenvalue weighted by Crippen LogP contribution is -1.93. The summed E-state index contributed by atoms with van der Waals surface area (Å²) in [6.45, 7) is 0. The molecule has 0 amide bonds.